The zero-order valence-electron chi connectivity index (χ0n) is 10.6. The molecule has 0 aliphatic carbocycles. The van der Waals surface area contributed by atoms with Gasteiger partial charge in [0.05, 0.1) is 0 Å². The molecule has 0 aliphatic rings. The van der Waals surface area contributed by atoms with E-state index < -0.39 is 12.0 Å². The predicted molar refractivity (Wildman–Crippen MR) is 66.3 cm³/mol. The summed E-state index contributed by atoms with van der Waals surface area (Å²) in [7, 11) is 1.82. The summed E-state index contributed by atoms with van der Waals surface area (Å²) in [5.74, 6) is -0.952. The van der Waals surface area contributed by atoms with Gasteiger partial charge in [0, 0.05) is 18.8 Å². The monoisotopic (exact) mass is 283 g/mol. The smallest absolute Gasteiger partial charge is 0.439 e. The minimum atomic E-state index is -4.59. The Morgan fingerprint density at radius 3 is 2.45 bits per heavy atom. The van der Waals surface area contributed by atoms with Crippen LogP contribution < -0.4 is 10.1 Å². The van der Waals surface area contributed by atoms with Crippen LogP contribution in [0.15, 0.2) is 36.5 Å². The molecule has 0 radical (unpaired) electrons. The molecule has 1 aromatic heterocycles. The largest absolute Gasteiger partial charge is 0.451 e. The van der Waals surface area contributed by atoms with Crippen LogP contribution in [0.25, 0.3) is 0 Å². The third kappa shape index (κ3) is 3.67. The van der Waals surface area contributed by atoms with Gasteiger partial charge < -0.3 is 10.1 Å². The van der Waals surface area contributed by atoms with Gasteiger partial charge in [0.15, 0.2) is 0 Å². The number of hydrogen-bond donors (Lipinski definition) is 1. The zero-order chi connectivity index (χ0) is 14.6. The van der Waals surface area contributed by atoms with Gasteiger partial charge in [-0.05, 0) is 24.7 Å². The highest BCUT2D eigenvalue weighted by molar-refractivity contribution is 5.30. The fourth-order valence-corrected chi connectivity index (χ4v) is 1.54. The quantitative estimate of drug-likeness (QED) is 0.937. The Morgan fingerprint density at radius 1 is 1.15 bits per heavy atom. The van der Waals surface area contributed by atoms with Gasteiger partial charge in [-0.25, -0.2) is 4.98 Å². The van der Waals surface area contributed by atoms with Gasteiger partial charge in [-0.1, -0.05) is 12.1 Å². The molecule has 0 bridgehead atoms. The number of hydrogen-bond acceptors (Lipinski definition) is 4. The SMILES string of the molecule is CNCc1ccc(Oc2ccnc(C(F)(F)F)n2)cc1. The van der Waals surface area contributed by atoms with Gasteiger partial charge in [-0.3, -0.25) is 0 Å². The van der Waals surface area contributed by atoms with E-state index in [9.17, 15) is 13.2 Å². The Bertz CT molecular complexity index is 570. The van der Waals surface area contributed by atoms with Crippen molar-refractivity contribution in [2.45, 2.75) is 12.7 Å². The van der Waals surface area contributed by atoms with E-state index in [0.29, 0.717) is 12.3 Å². The lowest BCUT2D eigenvalue weighted by atomic mass is 10.2. The van der Waals surface area contributed by atoms with E-state index in [0.717, 1.165) is 11.8 Å². The van der Waals surface area contributed by atoms with Gasteiger partial charge >= 0.3 is 6.18 Å². The summed E-state index contributed by atoms with van der Waals surface area (Å²) in [6.45, 7) is 0.700. The highest BCUT2D eigenvalue weighted by Gasteiger charge is 2.34. The first-order valence-electron chi connectivity index (χ1n) is 5.80. The molecule has 1 aromatic carbocycles. The molecule has 2 aromatic rings. The summed E-state index contributed by atoms with van der Waals surface area (Å²) in [5, 5.41) is 2.99. The van der Waals surface area contributed by atoms with Crippen molar-refractivity contribution in [3.05, 3.63) is 47.9 Å². The molecule has 0 fully saturated rings. The molecule has 0 saturated carbocycles. The van der Waals surface area contributed by atoms with E-state index in [-0.39, 0.29) is 5.88 Å². The number of nitrogens with one attached hydrogen (secondary N) is 1. The Hall–Kier alpha value is -2.15. The van der Waals surface area contributed by atoms with Crippen LogP contribution in [0, 0.1) is 0 Å². The van der Waals surface area contributed by atoms with Crippen LogP contribution in [-0.2, 0) is 12.7 Å². The average Bonchev–Trinajstić information content (AvgIpc) is 2.41. The molecule has 0 unspecified atom stereocenters. The molecular formula is C13H12F3N3O. The highest BCUT2D eigenvalue weighted by atomic mass is 19.4. The second-order valence-electron chi connectivity index (χ2n) is 3.99. The lowest BCUT2D eigenvalue weighted by Crippen LogP contribution is -2.10. The van der Waals surface area contributed by atoms with E-state index in [1.807, 2.05) is 19.2 Å². The van der Waals surface area contributed by atoms with Crippen molar-refractivity contribution >= 4 is 0 Å². The molecule has 0 amide bonds. The molecule has 2 rings (SSSR count). The Balaban J connectivity index is 2.13. The summed E-state index contributed by atoms with van der Waals surface area (Å²) < 4.78 is 42.6. The minimum Gasteiger partial charge on any atom is -0.439 e. The first kappa shape index (κ1) is 14.3. The van der Waals surface area contributed by atoms with Crippen molar-refractivity contribution in [3.8, 4) is 11.6 Å². The van der Waals surface area contributed by atoms with Crippen LogP contribution in [-0.4, -0.2) is 17.0 Å². The van der Waals surface area contributed by atoms with Crippen molar-refractivity contribution < 1.29 is 17.9 Å². The van der Waals surface area contributed by atoms with Gasteiger partial charge in [-0.15, -0.1) is 0 Å². The van der Waals surface area contributed by atoms with E-state index >= 15 is 0 Å². The van der Waals surface area contributed by atoms with Crippen molar-refractivity contribution in [2.24, 2.45) is 0 Å². The molecular weight excluding hydrogens is 271 g/mol. The average molecular weight is 283 g/mol. The van der Waals surface area contributed by atoms with Crippen molar-refractivity contribution in [2.75, 3.05) is 7.05 Å². The molecule has 106 valence electrons. The molecule has 1 heterocycles. The molecule has 0 atom stereocenters. The van der Waals surface area contributed by atoms with E-state index in [4.69, 9.17) is 4.74 Å². The fraction of sp³-hybridized carbons (Fsp3) is 0.231. The van der Waals surface area contributed by atoms with E-state index in [2.05, 4.69) is 15.3 Å². The standard InChI is InChI=1S/C13H12F3N3O/c1-17-8-9-2-4-10(5-3-9)20-11-6-7-18-12(19-11)13(14,15)16/h2-7,17H,8H2,1H3. The molecule has 0 saturated heterocycles. The summed E-state index contributed by atoms with van der Waals surface area (Å²) in [5.41, 5.74) is 1.04. The van der Waals surface area contributed by atoms with Crippen molar-refractivity contribution in [1.82, 2.24) is 15.3 Å². The maximum Gasteiger partial charge on any atom is 0.451 e. The number of halogens is 3. The van der Waals surface area contributed by atoms with Gasteiger partial charge in [0.25, 0.3) is 0 Å². The van der Waals surface area contributed by atoms with Crippen LogP contribution in [0.1, 0.15) is 11.4 Å². The number of nitrogens with zero attached hydrogens (tertiary/aromatic N) is 2. The summed E-state index contributed by atoms with van der Waals surface area (Å²) in [4.78, 5) is 6.49. The third-order valence-electron chi connectivity index (χ3n) is 2.41. The second-order valence-corrected chi connectivity index (χ2v) is 3.99. The molecule has 7 heteroatoms. The van der Waals surface area contributed by atoms with Crippen LogP contribution >= 0.6 is 0 Å². The number of benzene rings is 1. The maximum absolute atomic E-state index is 12.5. The van der Waals surface area contributed by atoms with Crippen LogP contribution in [0.3, 0.4) is 0 Å². The molecule has 0 spiro atoms. The Labute approximate surface area is 113 Å². The first-order valence-corrected chi connectivity index (χ1v) is 5.80. The molecule has 0 aliphatic heterocycles. The zero-order valence-corrected chi connectivity index (χ0v) is 10.6. The third-order valence-corrected chi connectivity index (χ3v) is 2.41. The fourth-order valence-electron chi connectivity index (χ4n) is 1.54. The number of alkyl halides is 3. The number of rotatable bonds is 4. The van der Waals surface area contributed by atoms with E-state index in [1.54, 1.807) is 12.1 Å². The predicted octanol–water partition coefficient (Wildman–Crippen LogP) is 3.01. The van der Waals surface area contributed by atoms with Gasteiger partial charge in [0.2, 0.25) is 11.7 Å². The Kier molecular flexibility index (Phi) is 4.19. The van der Waals surface area contributed by atoms with Crippen LogP contribution in [0.2, 0.25) is 0 Å². The summed E-state index contributed by atoms with van der Waals surface area (Å²) in [6.07, 6.45) is -3.57. The van der Waals surface area contributed by atoms with E-state index in [1.165, 1.54) is 6.07 Å². The minimum absolute atomic E-state index is 0.145. The molecule has 1 N–H and O–H groups in total. The number of aromatic nitrogens is 2. The normalized spacial score (nSPS) is 11.4. The summed E-state index contributed by atoms with van der Waals surface area (Å²) >= 11 is 0. The van der Waals surface area contributed by atoms with Crippen LogP contribution in [0.4, 0.5) is 13.2 Å². The highest BCUT2D eigenvalue weighted by Crippen LogP contribution is 2.28. The number of ether oxygens (including phenoxy) is 1. The van der Waals surface area contributed by atoms with Gasteiger partial charge in [-0.2, -0.15) is 18.2 Å². The lowest BCUT2D eigenvalue weighted by Gasteiger charge is -2.08. The Morgan fingerprint density at radius 2 is 1.85 bits per heavy atom. The summed E-state index contributed by atoms with van der Waals surface area (Å²) in [6, 6.07) is 8.25. The first-order chi connectivity index (χ1) is 9.49. The van der Waals surface area contributed by atoms with Gasteiger partial charge in [0.1, 0.15) is 5.75 Å². The molecule has 4 nitrogen and oxygen atoms in total. The van der Waals surface area contributed by atoms with Crippen molar-refractivity contribution in [3.63, 3.8) is 0 Å². The topological polar surface area (TPSA) is 47.0 Å². The second kappa shape index (κ2) is 5.87. The molecule has 20 heavy (non-hydrogen) atoms. The lowest BCUT2D eigenvalue weighted by molar-refractivity contribution is -0.145. The van der Waals surface area contributed by atoms with Crippen LogP contribution in [0.5, 0.6) is 11.6 Å². The van der Waals surface area contributed by atoms with Crippen molar-refractivity contribution in [1.29, 1.82) is 0 Å². The maximum atomic E-state index is 12.5.